The van der Waals surface area contributed by atoms with Crippen molar-refractivity contribution in [1.29, 1.82) is 0 Å². The van der Waals surface area contributed by atoms with Crippen LogP contribution in [0.15, 0.2) is 16.8 Å². The lowest BCUT2D eigenvalue weighted by atomic mass is 9.97. The summed E-state index contributed by atoms with van der Waals surface area (Å²) in [6, 6.07) is 3.15. The Balaban J connectivity index is 1.60. The van der Waals surface area contributed by atoms with Crippen molar-refractivity contribution in [2.45, 2.75) is 32.4 Å². The molecule has 1 aliphatic heterocycles. The highest BCUT2D eigenvalue weighted by Gasteiger charge is 2.33. The molecule has 1 aromatic heterocycles. The van der Waals surface area contributed by atoms with Gasteiger partial charge in [0.15, 0.2) is 0 Å². The monoisotopic (exact) mass is 250 g/mol. The fourth-order valence-corrected chi connectivity index (χ4v) is 3.47. The van der Waals surface area contributed by atoms with Crippen molar-refractivity contribution in [3.05, 3.63) is 22.4 Å². The summed E-state index contributed by atoms with van der Waals surface area (Å²) in [7, 11) is 0. The first kappa shape index (κ1) is 11.7. The average molecular weight is 250 g/mol. The van der Waals surface area contributed by atoms with Gasteiger partial charge in [-0.15, -0.1) is 0 Å². The van der Waals surface area contributed by atoms with Gasteiger partial charge in [-0.05, 0) is 60.2 Å². The molecule has 0 radical (unpaired) electrons. The second kappa shape index (κ2) is 5.09. The van der Waals surface area contributed by atoms with Crippen LogP contribution in [0.1, 0.15) is 25.3 Å². The standard InChI is InChI=1S/C14H22N2S/c1-11-6-15-7-13(11)9-16(14-2-3-14)8-12-4-5-17-10-12/h4-5,10-11,13-15H,2-3,6-9H2,1H3/t11-,13+/m1/s1. The van der Waals surface area contributed by atoms with E-state index in [2.05, 4.69) is 34.0 Å². The largest absolute Gasteiger partial charge is 0.316 e. The fraction of sp³-hybridized carbons (Fsp3) is 0.714. The van der Waals surface area contributed by atoms with Crippen LogP contribution in [0.25, 0.3) is 0 Å². The predicted octanol–water partition coefficient (Wildman–Crippen LogP) is 2.57. The van der Waals surface area contributed by atoms with Crippen LogP contribution < -0.4 is 5.32 Å². The van der Waals surface area contributed by atoms with Crippen LogP contribution >= 0.6 is 11.3 Å². The number of nitrogens with one attached hydrogen (secondary N) is 1. The molecule has 2 aliphatic rings. The van der Waals surface area contributed by atoms with E-state index in [4.69, 9.17) is 0 Å². The van der Waals surface area contributed by atoms with Gasteiger partial charge in [-0.1, -0.05) is 6.92 Å². The molecule has 2 atom stereocenters. The van der Waals surface area contributed by atoms with E-state index in [1.165, 1.54) is 38.0 Å². The molecule has 1 saturated carbocycles. The zero-order valence-electron chi connectivity index (χ0n) is 10.6. The Morgan fingerprint density at radius 3 is 2.88 bits per heavy atom. The van der Waals surface area contributed by atoms with E-state index in [-0.39, 0.29) is 0 Å². The van der Waals surface area contributed by atoms with Crippen molar-refractivity contribution in [1.82, 2.24) is 10.2 Å². The Morgan fingerprint density at radius 2 is 2.29 bits per heavy atom. The minimum absolute atomic E-state index is 0.846. The van der Waals surface area contributed by atoms with Gasteiger partial charge in [0.2, 0.25) is 0 Å². The van der Waals surface area contributed by atoms with Gasteiger partial charge >= 0.3 is 0 Å². The maximum Gasteiger partial charge on any atom is 0.0245 e. The lowest BCUT2D eigenvalue weighted by Gasteiger charge is -2.26. The Labute approximate surface area is 108 Å². The molecular weight excluding hydrogens is 228 g/mol. The molecule has 2 heterocycles. The number of hydrogen-bond donors (Lipinski definition) is 1. The van der Waals surface area contributed by atoms with Crippen molar-refractivity contribution in [2.75, 3.05) is 19.6 Å². The molecule has 0 unspecified atom stereocenters. The summed E-state index contributed by atoms with van der Waals surface area (Å²) in [6.07, 6.45) is 2.83. The molecule has 1 aliphatic carbocycles. The second-order valence-electron chi connectivity index (χ2n) is 5.69. The summed E-state index contributed by atoms with van der Waals surface area (Å²) in [4.78, 5) is 2.72. The lowest BCUT2D eigenvalue weighted by Crippen LogP contribution is -2.33. The predicted molar refractivity (Wildman–Crippen MR) is 73.3 cm³/mol. The summed E-state index contributed by atoms with van der Waals surface area (Å²) in [5.41, 5.74) is 1.50. The first-order valence-electron chi connectivity index (χ1n) is 6.79. The van der Waals surface area contributed by atoms with E-state index in [9.17, 15) is 0 Å². The molecule has 1 N–H and O–H groups in total. The van der Waals surface area contributed by atoms with Crippen molar-refractivity contribution in [3.8, 4) is 0 Å². The second-order valence-corrected chi connectivity index (χ2v) is 6.47. The van der Waals surface area contributed by atoms with Crippen LogP contribution in [0.2, 0.25) is 0 Å². The van der Waals surface area contributed by atoms with E-state index in [1.54, 1.807) is 0 Å². The Morgan fingerprint density at radius 1 is 1.41 bits per heavy atom. The third-order valence-electron chi connectivity index (χ3n) is 4.18. The number of thiophene rings is 1. The number of rotatable bonds is 5. The third-order valence-corrected chi connectivity index (χ3v) is 4.91. The molecule has 1 aromatic rings. The van der Waals surface area contributed by atoms with Crippen molar-refractivity contribution in [3.63, 3.8) is 0 Å². The summed E-state index contributed by atoms with van der Waals surface area (Å²) in [6.45, 7) is 7.27. The summed E-state index contributed by atoms with van der Waals surface area (Å²) in [5, 5.41) is 8.01. The van der Waals surface area contributed by atoms with Gasteiger partial charge in [-0.25, -0.2) is 0 Å². The van der Waals surface area contributed by atoms with Crippen molar-refractivity contribution in [2.24, 2.45) is 11.8 Å². The first-order chi connectivity index (χ1) is 8.33. The highest BCUT2D eigenvalue weighted by Crippen LogP contribution is 2.31. The Hall–Kier alpha value is -0.380. The molecule has 17 heavy (non-hydrogen) atoms. The molecule has 2 fully saturated rings. The van der Waals surface area contributed by atoms with Gasteiger partial charge in [-0.2, -0.15) is 11.3 Å². The molecule has 94 valence electrons. The molecule has 3 heteroatoms. The van der Waals surface area contributed by atoms with E-state index in [0.717, 1.165) is 24.4 Å². The molecule has 0 aromatic carbocycles. The molecule has 0 bridgehead atoms. The zero-order valence-corrected chi connectivity index (χ0v) is 11.4. The molecule has 3 rings (SSSR count). The van der Waals surface area contributed by atoms with Crippen LogP contribution in [0.4, 0.5) is 0 Å². The Kier molecular flexibility index (Phi) is 3.50. The van der Waals surface area contributed by atoms with E-state index in [0.29, 0.717) is 0 Å². The van der Waals surface area contributed by atoms with E-state index >= 15 is 0 Å². The SMILES string of the molecule is C[C@@H]1CNC[C@H]1CN(Cc1ccsc1)C1CC1. The third kappa shape index (κ3) is 2.90. The van der Waals surface area contributed by atoms with Crippen molar-refractivity contribution < 1.29 is 0 Å². The number of hydrogen-bond acceptors (Lipinski definition) is 3. The highest BCUT2D eigenvalue weighted by atomic mass is 32.1. The molecular formula is C14H22N2S. The Bertz CT molecular complexity index is 345. The van der Waals surface area contributed by atoms with Gasteiger partial charge in [-0.3, -0.25) is 4.90 Å². The van der Waals surface area contributed by atoms with Crippen LogP contribution in [0.5, 0.6) is 0 Å². The molecule has 1 saturated heterocycles. The van der Waals surface area contributed by atoms with Crippen LogP contribution in [0, 0.1) is 11.8 Å². The average Bonchev–Trinajstić information content (AvgIpc) is 2.91. The molecule has 0 amide bonds. The summed E-state index contributed by atoms with van der Waals surface area (Å²) >= 11 is 1.82. The minimum Gasteiger partial charge on any atom is -0.316 e. The topological polar surface area (TPSA) is 15.3 Å². The summed E-state index contributed by atoms with van der Waals surface area (Å²) < 4.78 is 0. The minimum atomic E-state index is 0.846. The molecule has 0 spiro atoms. The van der Waals surface area contributed by atoms with Gasteiger partial charge in [0.1, 0.15) is 0 Å². The number of nitrogens with zero attached hydrogens (tertiary/aromatic N) is 1. The molecule has 2 nitrogen and oxygen atoms in total. The summed E-state index contributed by atoms with van der Waals surface area (Å²) in [5.74, 6) is 1.70. The fourth-order valence-electron chi connectivity index (χ4n) is 2.81. The smallest absolute Gasteiger partial charge is 0.0245 e. The van der Waals surface area contributed by atoms with E-state index < -0.39 is 0 Å². The lowest BCUT2D eigenvalue weighted by molar-refractivity contribution is 0.202. The maximum absolute atomic E-state index is 3.52. The van der Waals surface area contributed by atoms with Gasteiger partial charge in [0.05, 0.1) is 0 Å². The quantitative estimate of drug-likeness (QED) is 0.864. The zero-order chi connectivity index (χ0) is 11.7. The van der Waals surface area contributed by atoms with Crippen LogP contribution in [0.3, 0.4) is 0 Å². The maximum atomic E-state index is 3.52. The van der Waals surface area contributed by atoms with Gasteiger partial charge in [0, 0.05) is 19.1 Å². The van der Waals surface area contributed by atoms with Gasteiger partial charge < -0.3 is 5.32 Å². The highest BCUT2D eigenvalue weighted by molar-refractivity contribution is 7.07. The van der Waals surface area contributed by atoms with Crippen LogP contribution in [-0.2, 0) is 6.54 Å². The normalized spacial score (nSPS) is 29.1. The van der Waals surface area contributed by atoms with E-state index in [1.807, 2.05) is 11.3 Å². The first-order valence-corrected chi connectivity index (χ1v) is 7.73. The van der Waals surface area contributed by atoms with Gasteiger partial charge in [0.25, 0.3) is 0 Å². The van der Waals surface area contributed by atoms with Crippen molar-refractivity contribution >= 4 is 11.3 Å². The van der Waals surface area contributed by atoms with Crippen LogP contribution in [-0.4, -0.2) is 30.6 Å².